The molecule has 0 bridgehead atoms. The maximum atomic E-state index is 5.87. The number of hydrogen-bond acceptors (Lipinski definition) is 4. The summed E-state index contributed by atoms with van der Waals surface area (Å²) in [6, 6.07) is 0. The second kappa shape index (κ2) is 6.70. The minimum Gasteiger partial charge on any atom is -0.369 e. The van der Waals surface area contributed by atoms with E-state index in [-0.39, 0.29) is 0 Å². The quantitative estimate of drug-likeness (QED) is 0.653. The van der Waals surface area contributed by atoms with E-state index in [1.54, 1.807) is 6.20 Å². The van der Waals surface area contributed by atoms with E-state index in [9.17, 15) is 0 Å². The summed E-state index contributed by atoms with van der Waals surface area (Å²) >= 11 is 9.22. The highest BCUT2D eigenvalue weighted by Crippen LogP contribution is 2.25. The monoisotopic (exact) mass is 329 g/mol. The van der Waals surface area contributed by atoms with Crippen molar-refractivity contribution in [2.24, 2.45) is 0 Å². The molecule has 2 heterocycles. The zero-order valence-electron chi connectivity index (χ0n) is 9.68. The largest absolute Gasteiger partial charge is 0.369 e. The minimum absolute atomic E-state index is 0.422. The third-order valence-corrected chi connectivity index (χ3v) is 3.71. The molecule has 0 atom stereocenters. The Morgan fingerprint density at radius 2 is 2.22 bits per heavy atom. The number of imidazole rings is 1. The molecule has 0 saturated carbocycles. The Hall–Kier alpha value is -1.14. The molecule has 2 rings (SSSR count). The molecular formula is C11H13BrClN5. The van der Waals surface area contributed by atoms with Crippen molar-refractivity contribution >= 4 is 33.3 Å². The molecule has 0 saturated heterocycles. The Labute approximate surface area is 119 Å². The lowest BCUT2D eigenvalue weighted by Crippen LogP contribution is -2.06. The van der Waals surface area contributed by atoms with Crippen molar-refractivity contribution in [3.05, 3.63) is 34.7 Å². The molecule has 1 N–H and O–H groups in total. The fourth-order valence-corrected chi connectivity index (χ4v) is 1.99. The Morgan fingerprint density at radius 3 is 3.00 bits per heavy atom. The van der Waals surface area contributed by atoms with Gasteiger partial charge in [0, 0.05) is 25.5 Å². The van der Waals surface area contributed by atoms with Gasteiger partial charge in [-0.05, 0) is 28.8 Å². The summed E-state index contributed by atoms with van der Waals surface area (Å²) in [5.41, 5.74) is 0. The van der Waals surface area contributed by atoms with Gasteiger partial charge in [-0.25, -0.2) is 15.0 Å². The zero-order chi connectivity index (χ0) is 12.8. The van der Waals surface area contributed by atoms with Crippen molar-refractivity contribution in [1.82, 2.24) is 19.5 Å². The van der Waals surface area contributed by atoms with Gasteiger partial charge in [-0.1, -0.05) is 11.6 Å². The highest BCUT2D eigenvalue weighted by atomic mass is 79.9. The molecule has 0 amide bonds. The minimum atomic E-state index is 0.422. The van der Waals surface area contributed by atoms with Crippen LogP contribution in [0, 0.1) is 0 Å². The summed E-state index contributed by atoms with van der Waals surface area (Å²) in [6.45, 7) is 1.83. The molecule has 0 radical (unpaired) electrons. The van der Waals surface area contributed by atoms with Crippen LogP contribution in [0.4, 0.5) is 5.82 Å². The molecular weight excluding hydrogens is 318 g/mol. The predicted octanol–water partition coefficient (Wildman–Crippen LogP) is 2.98. The standard InChI is InChI=1S/C11H13BrClN5/c12-9-10(13)16-7-17-11(9)15-3-1-2-5-18-6-4-14-8-18/h4,6-8H,1-3,5H2,(H,15,16,17). The van der Waals surface area contributed by atoms with E-state index < -0.39 is 0 Å². The zero-order valence-corrected chi connectivity index (χ0v) is 12.0. The van der Waals surface area contributed by atoms with E-state index in [0.717, 1.165) is 31.7 Å². The molecule has 2 aromatic heterocycles. The van der Waals surface area contributed by atoms with E-state index in [1.807, 2.05) is 12.5 Å². The van der Waals surface area contributed by atoms with Crippen molar-refractivity contribution < 1.29 is 0 Å². The summed E-state index contributed by atoms with van der Waals surface area (Å²) in [5, 5.41) is 3.65. The molecule has 5 nitrogen and oxygen atoms in total. The third kappa shape index (κ3) is 3.68. The number of unbranched alkanes of at least 4 members (excludes halogenated alkanes) is 1. The SMILES string of the molecule is Clc1ncnc(NCCCCn2ccnc2)c1Br. The molecule has 0 unspecified atom stereocenters. The molecule has 2 aromatic rings. The van der Waals surface area contributed by atoms with Gasteiger partial charge in [-0.15, -0.1) is 0 Å². The molecule has 0 spiro atoms. The smallest absolute Gasteiger partial charge is 0.148 e. The van der Waals surface area contributed by atoms with Crippen LogP contribution in [-0.2, 0) is 6.54 Å². The van der Waals surface area contributed by atoms with E-state index in [1.165, 1.54) is 6.33 Å². The second-order valence-corrected chi connectivity index (χ2v) is 4.91. The van der Waals surface area contributed by atoms with Gasteiger partial charge in [0.2, 0.25) is 0 Å². The van der Waals surface area contributed by atoms with E-state index in [0.29, 0.717) is 9.63 Å². The highest BCUT2D eigenvalue weighted by Gasteiger charge is 2.05. The third-order valence-electron chi connectivity index (χ3n) is 2.44. The predicted molar refractivity (Wildman–Crippen MR) is 74.7 cm³/mol. The summed E-state index contributed by atoms with van der Waals surface area (Å²) in [5.74, 6) is 0.734. The molecule has 96 valence electrons. The lowest BCUT2D eigenvalue weighted by Gasteiger charge is -2.07. The number of anilines is 1. The van der Waals surface area contributed by atoms with E-state index >= 15 is 0 Å². The van der Waals surface area contributed by atoms with Crippen molar-refractivity contribution in [3.8, 4) is 0 Å². The molecule has 0 aliphatic carbocycles. The lowest BCUT2D eigenvalue weighted by molar-refractivity contribution is 0.620. The van der Waals surface area contributed by atoms with Crippen molar-refractivity contribution in [3.63, 3.8) is 0 Å². The fraction of sp³-hybridized carbons (Fsp3) is 0.364. The fourth-order valence-electron chi connectivity index (χ4n) is 1.52. The van der Waals surface area contributed by atoms with Crippen LogP contribution in [-0.4, -0.2) is 26.1 Å². The number of aromatic nitrogens is 4. The number of aryl methyl sites for hydroxylation is 1. The van der Waals surface area contributed by atoms with Crippen LogP contribution in [0.25, 0.3) is 0 Å². The summed E-state index contributed by atoms with van der Waals surface area (Å²) in [6.07, 6.45) is 9.16. The first kappa shape index (κ1) is 13.3. The van der Waals surface area contributed by atoms with E-state index in [4.69, 9.17) is 11.6 Å². The van der Waals surface area contributed by atoms with Crippen LogP contribution in [0.2, 0.25) is 5.15 Å². The normalized spacial score (nSPS) is 10.6. The second-order valence-electron chi connectivity index (χ2n) is 3.76. The van der Waals surface area contributed by atoms with Crippen LogP contribution in [0.15, 0.2) is 29.5 Å². The number of hydrogen-bond donors (Lipinski definition) is 1. The number of nitrogens with zero attached hydrogens (tertiary/aromatic N) is 4. The Kier molecular flexibility index (Phi) is 4.95. The van der Waals surface area contributed by atoms with Crippen LogP contribution in [0.3, 0.4) is 0 Å². The maximum absolute atomic E-state index is 5.87. The number of nitrogens with one attached hydrogen (secondary N) is 1. The van der Waals surface area contributed by atoms with Crippen molar-refractivity contribution in [2.75, 3.05) is 11.9 Å². The van der Waals surface area contributed by atoms with E-state index in [2.05, 4.69) is 40.8 Å². The van der Waals surface area contributed by atoms with Gasteiger partial charge in [0.15, 0.2) is 0 Å². The van der Waals surface area contributed by atoms with Gasteiger partial charge < -0.3 is 9.88 Å². The molecule has 0 aliphatic rings. The summed E-state index contributed by atoms with van der Waals surface area (Å²) < 4.78 is 2.78. The summed E-state index contributed by atoms with van der Waals surface area (Å²) in [7, 11) is 0. The Morgan fingerprint density at radius 1 is 1.33 bits per heavy atom. The van der Waals surface area contributed by atoms with Gasteiger partial charge in [0.1, 0.15) is 17.3 Å². The number of halogens is 2. The van der Waals surface area contributed by atoms with Gasteiger partial charge >= 0.3 is 0 Å². The highest BCUT2D eigenvalue weighted by molar-refractivity contribution is 9.10. The van der Waals surface area contributed by atoms with Crippen molar-refractivity contribution in [2.45, 2.75) is 19.4 Å². The molecule has 0 aliphatic heterocycles. The van der Waals surface area contributed by atoms with Crippen LogP contribution in [0.5, 0.6) is 0 Å². The average molecular weight is 331 g/mol. The van der Waals surface area contributed by atoms with Gasteiger partial charge in [0.25, 0.3) is 0 Å². The first-order valence-electron chi connectivity index (χ1n) is 5.63. The van der Waals surface area contributed by atoms with Crippen LogP contribution < -0.4 is 5.32 Å². The summed E-state index contributed by atoms with van der Waals surface area (Å²) in [4.78, 5) is 12.0. The maximum Gasteiger partial charge on any atom is 0.148 e. The van der Waals surface area contributed by atoms with Gasteiger partial charge in [0.05, 0.1) is 10.8 Å². The average Bonchev–Trinajstić information content (AvgIpc) is 2.87. The van der Waals surface area contributed by atoms with Gasteiger partial charge in [-0.3, -0.25) is 0 Å². The topological polar surface area (TPSA) is 55.6 Å². The molecule has 0 fully saturated rings. The van der Waals surface area contributed by atoms with Gasteiger partial charge in [-0.2, -0.15) is 0 Å². The van der Waals surface area contributed by atoms with Crippen LogP contribution in [0.1, 0.15) is 12.8 Å². The van der Waals surface area contributed by atoms with Crippen LogP contribution >= 0.6 is 27.5 Å². The number of rotatable bonds is 6. The lowest BCUT2D eigenvalue weighted by atomic mass is 10.3. The molecule has 18 heavy (non-hydrogen) atoms. The Bertz CT molecular complexity index is 488. The Balaban J connectivity index is 1.70. The molecule has 7 heteroatoms. The first-order chi connectivity index (χ1) is 8.77. The first-order valence-corrected chi connectivity index (χ1v) is 6.80. The molecule has 0 aromatic carbocycles. The van der Waals surface area contributed by atoms with Crippen molar-refractivity contribution in [1.29, 1.82) is 0 Å².